The maximum atomic E-state index is 13.2. The topological polar surface area (TPSA) is 71.5 Å². The zero-order chi connectivity index (χ0) is 19.6. The monoisotopic (exact) mass is 416 g/mol. The van der Waals surface area contributed by atoms with E-state index in [1.807, 2.05) is 0 Å². The van der Waals surface area contributed by atoms with Gasteiger partial charge in [0.25, 0.3) is 0 Å². The summed E-state index contributed by atoms with van der Waals surface area (Å²) in [5.41, 5.74) is 0.469. The van der Waals surface area contributed by atoms with Crippen molar-refractivity contribution < 1.29 is 27.8 Å². The lowest BCUT2D eigenvalue weighted by molar-refractivity contribution is -0.137. The van der Waals surface area contributed by atoms with Gasteiger partial charge in [-0.05, 0) is 29.8 Å². The number of benzene rings is 2. The van der Waals surface area contributed by atoms with Gasteiger partial charge >= 0.3 is 12.3 Å². The average molecular weight is 417 g/mol. The van der Waals surface area contributed by atoms with Crippen molar-refractivity contribution in [3.8, 4) is 0 Å². The predicted molar refractivity (Wildman–Crippen MR) is 96.2 cm³/mol. The Kier molecular flexibility index (Phi) is 5.54. The van der Waals surface area contributed by atoms with Crippen LogP contribution < -0.4 is 5.32 Å². The van der Waals surface area contributed by atoms with Crippen LogP contribution in [0.4, 0.5) is 23.1 Å². The van der Waals surface area contributed by atoms with Crippen LogP contribution in [-0.4, -0.2) is 16.2 Å². The number of hydrogen-bond donors (Lipinski definition) is 2. The van der Waals surface area contributed by atoms with Crippen LogP contribution in [0, 0.1) is 0 Å². The Morgan fingerprint density at radius 1 is 1.22 bits per heavy atom. The van der Waals surface area contributed by atoms with Gasteiger partial charge in [-0.2, -0.15) is 13.2 Å². The fraction of sp³-hybridized carbons (Fsp3) is 0.176. The molecule has 0 atom stereocenters. The molecule has 0 saturated heterocycles. The van der Waals surface area contributed by atoms with Crippen molar-refractivity contribution in [1.82, 2.24) is 4.98 Å². The number of hydrogen-bond acceptors (Lipinski definition) is 4. The van der Waals surface area contributed by atoms with Crippen molar-refractivity contribution in [2.75, 3.05) is 5.32 Å². The van der Waals surface area contributed by atoms with Crippen LogP contribution in [0.3, 0.4) is 0 Å². The van der Waals surface area contributed by atoms with E-state index in [1.54, 1.807) is 24.3 Å². The highest BCUT2D eigenvalue weighted by molar-refractivity contribution is 7.22. The van der Waals surface area contributed by atoms with Gasteiger partial charge in [0.15, 0.2) is 5.13 Å². The van der Waals surface area contributed by atoms with Crippen molar-refractivity contribution in [3.63, 3.8) is 0 Å². The Labute approximate surface area is 160 Å². The zero-order valence-electron chi connectivity index (χ0n) is 13.5. The maximum Gasteiger partial charge on any atom is 0.416 e. The van der Waals surface area contributed by atoms with Crippen molar-refractivity contribution in [3.05, 3.63) is 58.1 Å². The molecule has 1 heterocycles. The number of fused-ring (bicyclic) bond motifs is 1. The van der Waals surface area contributed by atoms with Gasteiger partial charge in [-0.1, -0.05) is 35.1 Å². The second-order valence-corrected chi connectivity index (χ2v) is 7.02. The number of thiazole rings is 1. The number of carbonyl (C=O) groups is 1. The van der Waals surface area contributed by atoms with E-state index in [4.69, 9.17) is 21.4 Å². The minimum Gasteiger partial charge on any atom is -0.465 e. The summed E-state index contributed by atoms with van der Waals surface area (Å²) in [5, 5.41) is 11.4. The Bertz CT molecular complexity index is 974. The number of aromatic nitrogens is 1. The number of anilines is 1. The van der Waals surface area contributed by atoms with E-state index >= 15 is 0 Å². The lowest BCUT2D eigenvalue weighted by Gasteiger charge is -2.10. The molecule has 0 saturated carbocycles. The lowest BCUT2D eigenvalue weighted by Crippen LogP contribution is -2.07. The molecule has 27 heavy (non-hydrogen) atoms. The van der Waals surface area contributed by atoms with Crippen LogP contribution in [0.25, 0.3) is 10.2 Å². The summed E-state index contributed by atoms with van der Waals surface area (Å²) >= 11 is 6.63. The standard InChI is InChI=1S/C17H12ClF3N2O3S/c18-12-3-1-9(2-4-12)7-26-8-10-5-11(17(19,20)21)6-13-14(10)22-15(27-13)23-16(24)25/h1-6H,7-8H2,(H,22,23)(H,24,25). The molecule has 1 aromatic heterocycles. The summed E-state index contributed by atoms with van der Waals surface area (Å²) in [6, 6.07) is 8.79. The minimum absolute atomic E-state index is 0.00391. The molecule has 0 fully saturated rings. The van der Waals surface area contributed by atoms with Crippen LogP contribution >= 0.6 is 22.9 Å². The summed E-state index contributed by atoms with van der Waals surface area (Å²) in [6.45, 7) is 0.0680. The Balaban J connectivity index is 1.87. The quantitative estimate of drug-likeness (QED) is 0.553. The fourth-order valence-corrected chi connectivity index (χ4v) is 3.45. The molecule has 0 spiro atoms. The molecule has 2 aromatic carbocycles. The normalized spacial score (nSPS) is 11.7. The molecule has 3 rings (SSSR count). The molecular formula is C17H12ClF3N2O3S. The Hall–Kier alpha value is -2.36. The molecule has 0 unspecified atom stereocenters. The van der Waals surface area contributed by atoms with E-state index in [9.17, 15) is 18.0 Å². The molecule has 0 aliphatic rings. The number of rotatable bonds is 5. The van der Waals surface area contributed by atoms with Crippen molar-refractivity contribution in [2.24, 2.45) is 0 Å². The summed E-state index contributed by atoms with van der Waals surface area (Å²) in [6.07, 6.45) is -5.88. The van der Waals surface area contributed by atoms with E-state index in [1.165, 1.54) is 0 Å². The number of carboxylic acid groups (broad SMARTS) is 1. The van der Waals surface area contributed by atoms with Crippen LogP contribution in [0.15, 0.2) is 36.4 Å². The first-order valence-electron chi connectivity index (χ1n) is 7.55. The smallest absolute Gasteiger partial charge is 0.416 e. The lowest BCUT2D eigenvalue weighted by atomic mass is 10.1. The third-order valence-electron chi connectivity index (χ3n) is 3.55. The highest BCUT2D eigenvalue weighted by Crippen LogP contribution is 2.36. The molecule has 5 nitrogen and oxygen atoms in total. The van der Waals surface area contributed by atoms with Gasteiger partial charge in [0.2, 0.25) is 0 Å². The van der Waals surface area contributed by atoms with Gasteiger partial charge in [-0.25, -0.2) is 9.78 Å². The Morgan fingerprint density at radius 3 is 2.56 bits per heavy atom. The number of nitrogens with zero attached hydrogens (tertiary/aromatic N) is 1. The predicted octanol–water partition coefficient (Wildman–Crippen LogP) is 5.78. The summed E-state index contributed by atoms with van der Waals surface area (Å²) < 4.78 is 45.2. The van der Waals surface area contributed by atoms with Gasteiger partial charge in [0.05, 0.1) is 29.0 Å². The van der Waals surface area contributed by atoms with E-state index in [2.05, 4.69) is 10.3 Å². The molecule has 0 radical (unpaired) electrons. The van der Waals surface area contributed by atoms with E-state index in [0.29, 0.717) is 5.02 Å². The molecule has 142 valence electrons. The third-order valence-corrected chi connectivity index (χ3v) is 4.72. The molecule has 0 aliphatic carbocycles. The average Bonchev–Trinajstić information content (AvgIpc) is 2.97. The number of ether oxygens (including phenoxy) is 1. The minimum atomic E-state index is -4.54. The first kappa shape index (κ1) is 19.4. The first-order chi connectivity index (χ1) is 12.7. The van der Waals surface area contributed by atoms with Gasteiger partial charge in [0, 0.05) is 10.6 Å². The van der Waals surface area contributed by atoms with Crippen molar-refractivity contribution >= 4 is 44.4 Å². The number of nitrogens with one attached hydrogen (secondary N) is 1. The third kappa shape index (κ3) is 4.88. The largest absolute Gasteiger partial charge is 0.465 e. The molecule has 0 bridgehead atoms. The molecule has 2 N–H and O–H groups in total. The molecule has 0 aliphatic heterocycles. The van der Waals surface area contributed by atoms with Gasteiger partial charge < -0.3 is 9.84 Å². The van der Waals surface area contributed by atoms with E-state index in [0.717, 1.165) is 29.0 Å². The van der Waals surface area contributed by atoms with Crippen LogP contribution in [0.1, 0.15) is 16.7 Å². The van der Waals surface area contributed by atoms with Crippen LogP contribution in [0.2, 0.25) is 5.02 Å². The summed E-state index contributed by atoms with van der Waals surface area (Å²) in [4.78, 5) is 14.8. The maximum absolute atomic E-state index is 13.2. The summed E-state index contributed by atoms with van der Waals surface area (Å²) in [5.74, 6) is 0. The number of amides is 1. The number of alkyl halides is 3. The van der Waals surface area contributed by atoms with Gasteiger partial charge in [-0.15, -0.1) is 0 Å². The van der Waals surface area contributed by atoms with Crippen LogP contribution in [-0.2, 0) is 24.1 Å². The van der Waals surface area contributed by atoms with Crippen LogP contribution in [0.5, 0.6) is 0 Å². The first-order valence-corrected chi connectivity index (χ1v) is 8.74. The second kappa shape index (κ2) is 7.71. The molecule has 1 amide bonds. The molecule has 10 heteroatoms. The molecular weight excluding hydrogens is 405 g/mol. The SMILES string of the molecule is O=C(O)Nc1nc2c(COCc3ccc(Cl)cc3)cc(C(F)(F)F)cc2s1. The highest BCUT2D eigenvalue weighted by atomic mass is 35.5. The van der Waals surface area contributed by atoms with Gasteiger partial charge in [0.1, 0.15) is 0 Å². The van der Waals surface area contributed by atoms with E-state index < -0.39 is 17.8 Å². The van der Waals surface area contributed by atoms with Crippen molar-refractivity contribution in [2.45, 2.75) is 19.4 Å². The van der Waals surface area contributed by atoms with Gasteiger partial charge in [-0.3, -0.25) is 5.32 Å². The Morgan fingerprint density at radius 2 is 1.93 bits per heavy atom. The second-order valence-electron chi connectivity index (χ2n) is 5.55. The summed E-state index contributed by atoms with van der Waals surface area (Å²) in [7, 11) is 0. The highest BCUT2D eigenvalue weighted by Gasteiger charge is 2.32. The fourth-order valence-electron chi connectivity index (χ4n) is 2.38. The van der Waals surface area contributed by atoms with E-state index in [-0.39, 0.29) is 34.1 Å². The molecule has 3 aromatic rings. The van der Waals surface area contributed by atoms with Crippen molar-refractivity contribution in [1.29, 1.82) is 0 Å². The zero-order valence-corrected chi connectivity index (χ0v) is 15.1. The number of halogens is 4.